The van der Waals surface area contributed by atoms with Gasteiger partial charge in [0.1, 0.15) is 11.6 Å². The molecule has 3 heterocycles. The van der Waals surface area contributed by atoms with E-state index in [-0.39, 0.29) is 23.7 Å². The summed E-state index contributed by atoms with van der Waals surface area (Å²) in [4.78, 5) is 16.8. The van der Waals surface area contributed by atoms with Gasteiger partial charge in [-0.3, -0.25) is 9.89 Å². The van der Waals surface area contributed by atoms with Gasteiger partial charge in [-0.25, -0.2) is 9.37 Å². The Bertz CT molecular complexity index is 1280. The normalized spacial score (nSPS) is 12.0. The molecule has 0 aliphatic heterocycles. The van der Waals surface area contributed by atoms with E-state index in [1.165, 1.54) is 6.07 Å². The van der Waals surface area contributed by atoms with E-state index in [2.05, 4.69) is 39.5 Å². The number of benzene rings is 1. The summed E-state index contributed by atoms with van der Waals surface area (Å²) in [5.74, 6) is 0.394. The number of carbonyl (C=O) groups is 1. The number of aromatic nitrogens is 4. The van der Waals surface area contributed by atoms with Crippen LogP contribution in [0, 0.1) is 5.82 Å². The molecule has 1 amide bonds. The van der Waals surface area contributed by atoms with Gasteiger partial charge in [-0.2, -0.15) is 5.10 Å². The molecule has 8 heteroatoms. The first-order valence-electron chi connectivity index (χ1n) is 10.5. The van der Waals surface area contributed by atoms with Crippen molar-refractivity contribution in [3.8, 4) is 11.1 Å². The molecule has 0 atom stereocenters. The van der Waals surface area contributed by atoms with Crippen molar-refractivity contribution in [2.75, 3.05) is 5.32 Å². The first kappa shape index (κ1) is 21.7. The molecule has 4 aromatic rings. The van der Waals surface area contributed by atoms with Gasteiger partial charge in [-0.15, -0.1) is 0 Å². The number of nitrogens with one attached hydrogen (secondary N) is 2. The quantitative estimate of drug-likeness (QED) is 0.440. The second-order valence-corrected chi connectivity index (χ2v) is 9.24. The molecule has 0 aliphatic rings. The van der Waals surface area contributed by atoms with Crippen molar-refractivity contribution in [2.24, 2.45) is 0 Å². The molecule has 0 spiro atoms. The van der Waals surface area contributed by atoms with Gasteiger partial charge in [0.2, 0.25) is 5.91 Å². The van der Waals surface area contributed by atoms with E-state index >= 15 is 0 Å². The largest absolute Gasteiger partial charge is 0.359 e. The summed E-state index contributed by atoms with van der Waals surface area (Å²) in [5, 5.41) is 14.7. The van der Waals surface area contributed by atoms with E-state index in [0.717, 1.165) is 16.6 Å². The number of anilines is 1. The van der Waals surface area contributed by atoms with Crippen molar-refractivity contribution in [3.05, 3.63) is 59.4 Å². The molecule has 0 saturated heterocycles. The third kappa shape index (κ3) is 4.39. The third-order valence-electron chi connectivity index (χ3n) is 5.25. The summed E-state index contributed by atoms with van der Waals surface area (Å²) in [5.41, 5.74) is 3.17. The van der Waals surface area contributed by atoms with Crippen LogP contribution in [0.3, 0.4) is 0 Å². The topological polar surface area (TPSA) is 96.7 Å². The number of hydrogen-bond acceptors (Lipinski definition) is 5. The van der Waals surface area contributed by atoms with E-state index in [1.807, 2.05) is 26.8 Å². The summed E-state index contributed by atoms with van der Waals surface area (Å²) >= 11 is 0. The zero-order valence-corrected chi connectivity index (χ0v) is 18.8. The number of rotatable bonds is 5. The Morgan fingerprint density at radius 3 is 2.62 bits per heavy atom. The van der Waals surface area contributed by atoms with Crippen LogP contribution < -0.4 is 5.32 Å². The maximum Gasteiger partial charge on any atom is 0.230 e. The maximum absolute atomic E-state index is 14.8. The van der Waals surface area contributed by atoms with E-state index in [4.69, 9.17) is 4.52 Å². The van der Waals surface area contributed by atoms with Crippen LogP contribution in [0.2, 0.25) is 0 Å². The fourth-order valence-electron chi connectivity index (χ4n) is 3.44. The number of carbonyl (C=O) groups excluding carboxylic acids is 1. The second kappa shape index (κ2) is 8.18. The molecule has 3 aromatic heterocycles. The summed E-state index contributed by atoms with van der Waals surface area (Å²) in [7, 11) is 0. The van der Waals surface area contributed by atoms with Crippen LogP contribution in [-0.2, 0) is 16.6 Å². The number of nitrogens with zero attached hydrogens (tertiary/aromatic N) is 3. The fraction of sp³-hybridized carbons (Fsp3) is 0.333. The monoisotopic (exact) mass is 435 g/mol. The number of halogens is 1. The molecule has 0 saturated carbocycles. The van der Waals surface area contributed by atoms with Crippen LogP contribution in [0.15, 0.2) is 41.1 Å². The molecule has 0 bridgehead atoms. The minimum absolute atomic E-state index is 0.111. The molecule has 0 fully saturated rings. The first-order chi connectivity index (χ1) is 15.1. The minimum Gasteiger partial charge on any atom is -0.359 e. The molecule has 1 aromatic carbocycles. The number of H-pyrrole nitrogens is 1. The number of hydrogen-bond donors (Lipinski definition) is 2. The Morgan fingerprint density at radius 2 is 1.97 bits per heavy atom. The summed E-state index contributed by atoms with van der Waals surface area (Å²) in [6.07, 6.45) is 1.57. The lowest BCUT2D eigenvalue weighted by molar-refractivity contribution is -0.115. The van der Waals surface area contributed by atoms with Gasteiger partial charge in [0.15, 0.2) is 11.5 Å². The first-order valence-corrected chi connectivity index (χ1v) is 10.5. The molecule has 4 rings (SSSR count). The molecule has 2 N–H and O–H groups in total. The Balaban J connectivity index is 1.51. The van der Waals surface area contributed by atoms with E-state index < -0.39 is 5.82 Å². The van der Waals surface area contributed by atoms with E-state index in [1.54, 1.807) is 24.4 Å². The van der Waals surface area contributed by atoms with Crippen molar-refractivity contribution < 1.29 is 13.7 Å². The molecule has 0 unspecified atom stereocenters. The molecule has 7 nitrogen and oxygen atoms in total. The average molecular weight is 436 g/mol. The fourth-order valence-corrected chi connectivity index (χ4v) is 3.44. The molecular formula is C24H26FN5O2. The maximum atomic E-state index is 14.8. The molecule has 0 radical (unpaired) electrons. The second-order valence-electron chi connectivity index (χ2n) is 9.24. The zero-order valence-electron chi connectivity index (χ0n) is 18.8. The summed E-state index contributed by atoms with van der Waals surface area (Å²) in [6, 6.07) is 8.48. The third-order valence-corrected chi connectivity index (χ3v) is 5.25. The Labute approximate surface area is 185 Å². The highest BCUT2D eigenvalue weighted by Crippen LogP contribution is 2.28. The van der Waals surface area contributed by atoms with Crippen LogP contribution in [-0.4, -0.2) is 26.2 Å². The smallest absolute Gasteiger partial charge is 0.230 e. The Kier molecular flexibility index (Phi) is 5.54. The Hall–Kier alpha value is -3.55. The predicted octanol–water partition coefficient (Wildman–Crippen LogP) is 5.35. The highest BCUT2D eigenvalue weighted by atomic mass is 19.1. The minimum atomic E-state index is -0.454. The summed E-state index contributed by atoms with van der Waals surface area (Å²) in [6.45, 7) is 10.1. The highest BCUT2D eigenvalue weighted by molar-refractivity contribution is 5.91. The number of pyridine rings is 1. The zero-order chi connectivity index (χ0) is 23.0. The van der Waals surface area contributed by atoms with Crippen molar-refractivity contribution in [2.45, 2.75) is 52.4 Å². The Morgan fingerprint density at radius 1 is 1.19 bits per heavy atom. The van der Waals surface area contributed by atoms with Crippen LogP contribution >= 0.6 is 0 Å². The van der Waals surface area contributed by atoms with Crippen LogP contribution in [0.5, 0.6) is 0 Å². The van der Waals surface area contributed by atoms with Crippen molar-refractivity contribution in [1.82, 2.24) is 20.3 Å². The van der Waals surface area contributed by atoms with Crippen LogP contribution in [0.25, 0.3) is 22.2 Å². The van der Waals surface area contributed by atoms with Crippen LogP contribution in [0.4, 0.5) is 10.2 Å². The van der Waals surface area contributed by atoms with Gasteiger partial charge in [0.05, 0.1) is 12.1 Å². The lowest BCUT2D eigenvalue weighted by atomic mass is 9.93. The molecule has 0 aliphatic carbocycles. The number of fused-ring (bicyclic) bond motifs is 1. The SMILES string of the molecule is CC(C)c1n[nH]c2ncc(-c3ccc(CC(=O)Nc4cc(C(C)(C)C)on4)c(F)c3)cc12. The van der Waals surface area contributed by atoms with E-state index in [9.17, 15) is 9.18 Å². The van der Waals surface area contributed by atoms with Gasteiger partial charge in [0.25, 0.3) is 0 Å². The molecular weight excluding hydrogens is 409 g/mol. The van der Waals surface area contributed by atoms with Crippen molar-refractivity contribution in [3.63, 3.8) is 0 Å². The number of amides is 1. The average Bonchev–Trinajstić information content (AvgIpc) is 3.35. The summed E-state index contributed by atoms with van der Waals surface area (Å²) < 4.78 is 20.1. The van der Waals surface area contributed by atoms with Gasteiger partial charge < -0.3 is 9.84 Å². The van der Waals surface area contributed by atoms with Gasteiger partial charge in [0, 0.05) is 28.6 Å². The molecule has 32 heavy (non-hydrogen) atoms. The lowest BCUT2D eigenvalue weighted by Gasteiger charge is -2.12. The predicted molar refractivity (Wildman–Crippen MR) is 121 cm³/mol. The standard InChI is InChI=1S/C24H26FN5O2/c1-13(2)22-17-8-16(12-26-23(17)29-28-22)14-6-7-15(18(25)9-14)10-21(31)27-20-11-19(32-30-20)24(3,4)5/h6-9,11-13H,10H2,1-5H3,(H,26,28,29)(H,27,30,31). The highest BCUT2D eigenvalue weighted by Gasteiger charge is 2.20. The van der Waals surface area contributed by atoms with Crippen molar-refractivity contribution in [1.29, 1.82) is 0 Å². The van der Waals surface area contributed by atoms with Crippen molar-refractivity contribution >= 4 is 22.8 Å². The van der Waals surface area contributed by atoms with Gasteiger partial charge in [-0.05, 0) is 29.2 Å². The lowest BCUT2D eigenvalue weighted by Crippen LogP contribution is -2.15. The van der Waals surface area contributed by atoms with Crippen LogP contribution in [0.1, 0.15) is 57.6 Å². The van der Waals surface area contributed by atoms with E-state index in [0.29, 0.717) is 28.4 Å². The van der Waals surface area contributed by atoms with Gasteiger partial charge >= 0.3 is 0 Å². The number of aromatic amines is 1. The van der Waals surface area contributed by atoms with Gasteiger partial charge in [-0.1, -0.05) is 51.9 Å². The molecule has 166 valence electrons.